The van der Waals surface area contributed by atoms with Gasteiger partial charge >= 0.3 is 0 Å². The predicted molar refractivity (Wildman–Crippen MR) is 81.2 cm³/mol. The third-order valence-corrected chi connectivity index (χ3v) is 4.76. The average molecular weight is 313 g/mol. The molecule has 6 heteroatoms. The summed E-state index contributed by atoms with van der Waals surface area (Å²) >= 11 is 0. The quantitative estimate of drug-likeness (QED) is 0.641. The molecule has 1 aliphatic carbocycles. The Bertz CT molecular complexity index is 523. The number of ether oxygens (including phenoxy) is 1. The van der Waals surface area contributed by atoms with Gasteiger partial charge in [-0.15, -0.1) is 0 Å². The van der Waals surface area contributed by atoms with Crippen LogP contribution in [0.5, 0.6) is 0 Å². The van der Waals surface area contributed by atoms with Gasteiger partial charge in [0.1, 0.15) is 0 Å². The molecule has 0 heterocycles. The lowest BCUT2D eigenvalue weighted by atomic mass is 10.2. The van der Waals surface area contributed by atoms with Crippen molar-refractivity contribution in [2.24, 2.45) is 5.92 Å². The zero-order valence-corrected chi connectivity index (χ0v) is 12.9. The second-order valence-corrected chi connectivity index (χ2v) is 7.31. The van der Waals surface area contributed by atoms with Crippen LogP contribution >= 0.6 is 0 Å². The largest absolute Gasteiger partial charge is 0.392 e. The van der Waals surface area contributed by atoms with Crippen molar-refractivity contribution in [3.8, 4) is 0 Å². The van der Waals surface area contributed by atoms with E-state index in [1.165, 1.54) is 12.8 Å². The molecule has 118 valence electrons. The average Bonchev–Trinajstić information content (AvgIpc) is 3.27. The van der Waals surface area contributed by atoms with Crippen LogP contribution in [0.4, 0.5) is 0 Å². The number of sulfonamides is 1. The molecule has 1 aromatic rings. The second-order valence-electron chi connectivity index (χ2n) is 5.50. The smallest absolute Gasteiger partial charge is 0.215 e. The van der Waals surface area contributed by atoms with Crippen LogP contribution in [0.25, 0.3) is 0 Å². The lowest BCUT2D eigenvalue weighted by molar-refractivity contribution is 0.123. The summed E-state index contributed by atoms with van der Waals surface area (Å²) in [5, 5.41) is 8.94. The molecule has 0 amide bonds. The van der Waals surface area contributed by atoms with E-state index >= 15 is 0 Å². The van der Waals surface area contributed by atoms with E-state index in [-0.39, 0.29) is 12.4 Å². The summed E-state index contributed by atoms with van der Waals surface area (Å²) in [6.07, 6.45) is 3.22. The molecule has 0 aromatic heterocycles. The number of hydrogen-bond donors (Lipinski definition) is 2. The summed E-state index contributed by atoms with van der Waals surface area (Å²) < 4.78 is 31.8. The van der Waals surface area contributed by atoms with Gasteiger partial charge in [0.25, 0.3) is 0 Å². The number of benzene rings is 1. The Morgan fingerprint density at radius 2 is 1.86 bits per heavy atom. The molecule has 0 atom stereocenters. The third-order valence-electron chi connectivity index (χ3n) is 3.40. The third kappa shape index (κ3) is 6.56. The van der Waals surface area contributed by atoms with Crippen LogP contribution in [-0.2, 0) is 27.1 Å². The van der Waals surface area contributed by atoms with Crippen LogP contribution in [0.1, 0.15) is 30.4 Å². The molecular weight excluding hydrogens is 290 g/mol. The van der Waals surface area contributed by atoms with Gasteiger partial charge in [-0.2, -0.15) is 0 Å². The van der Waals surface area contributed by atoms with E-state index in [9.17, 15) is 8.42 Å². The Morgan fingerprint density at radius 1 is 1.19 bits per heavy atom. The normalized spacial score (nSPS) is 15.3. The van der Waals surface area contributed by atoms with Gasteiger partial charge in [0.15, 0.2) is 0 Å². The maximum absolute atomic E-state index is 11.9. The molecule has 1 saturated carbocycles. The van der Waals surface area contributed by atoms with Crippen molar-refractivity contribution in [3.63, 3.8) is 0 Å². The first kappa shape index (κ1) is 16.4. The molecule has 0 unspecified atom stereocenters. The van der Waals surface area contributed by atoms with E-state index in [0.717, 1.165) is 18.1 Å². The van der Waals surface area contributed by atoms with E-state index in [1.807, 2.05) is 0 Å². The number of aliphatic hydroxyl groups excluding tert-OH is 1. The van der Waals surface area contributed by atoms with Crippen LogP contribution in [0.2, 0.25) is 0 Å². The maximum atomic E-state index is 11.9. The molecule has 21 heavy (non-hydrogen) atoms. The molecule has 0 aliphatic heterocycles. The van der Waals surface area contributed by atoms with E-state index in [1.54, 1.807) is 24.3 Å². The first-order chi connectivity index (χ1) is 10.1. The summed E-state index contributed by atoms with van der Waals surface area (Å²) in [7, 11) is -3.31. The van der Waals surface area contributed by atoms with Crippen molar-refractivity contribution in [2.75, 3.05) is 19.8 Å². The molecule has 0 bridgehead atoms. The van der Waals surface area contributed by atoms with Crippen LogP contribution in [0.15, 0.2) is 24.3 Å². The SMILES string of the molecule is O=S(=O)(Cc1ccc(CO)cc1)NCCCOCC1CC1. The Labute approximate surface area is 126 Å². The predicted octanol–water partition coefficient (Wildman–Crippen LogP) is 1.42. The van der Waals surface area contributed by atoms with Crippen molar-refractivity contribution >= 4 is 10.0 Å². The van der Waals surface area contributed by atoms with Gasteiger partial charge in [-0.25, -0.2) is 13.1 Å². The molecule has 2 N–H and O–H groups in total. The second kappa shape index (κ2) is 7.89. The number of rotatable bonds is 10. The molecule has 1 fully saturated rings. The zero-order valence-electron chi connectivity index (χ0n) is 12.1. The van der Waals surface area contributed by atoms with Gasteiger partial charge in [0, 0.05) is 19.8 Å². The molecular formula is C15H23NO4S. The van der Waals surface area contributed by atoms with Crippen LogP contribution in [0.3, 0.4) is 0 Å². The number of aliphatic hydroxyl groups is 1. The molecule has 1 aromatic carbocycles. The minimum Gasteiger partial charge on any atom is -0.392 e. The van der Waals surface area contributed by atoms with Crippen LogP contribution < -0.4 is 4.72 Å². The van der Waals surface area contributed by atoms with E-state index in [2.05, 4.69) is 4.72 Å². The Kier molecular flexibility index (Phi) is 6.17. The Hall–Kier alpha value is -0.950. The lowest BCUT2D eigenvalue weighted by Crippen LogP contribution is -2.27. The van der Waals surface area contributed by atoms with Crippen LogP contribution in [0, 0.1) is 5.92 Å². The van der Waals surface area contributed by atoms with Gasteiger partial charge < -0.3 is 9.84 Å². The van der Waals surface area contributed by atoms with Crippen molar-refractivity contribution < 1.29 is 18.3 Å². The maximum Gasteiger partial charge on any atom is 0.215 e. The highest BCUT2D eigenvalue weighted by molar-refractivity contribution is 7.88. The molecule has 0 saturated heterocycles. The van der Waals surface area contributed by atoms with Gasteiger partial charge in [0.05, 0.1) is 12.4 Å². The van der Waals surface area contributed by atoms with E-state index in [4.69, 9.17) is 9.84 Å². The van der Waals surface area contributed by atoms with Gasteiger partial charge in [0.2, 0.25) is 10.0 Å². The summed E-state index contributed by atoms with van der Waals surface area (Å²) in [5.74, 6) is 0.699. The first-order valence-corrected chi connectivity index (χ1v) is 8.98. The highest BCUT2D eigenvalue weighted by Crippen LogP contribution is 2.28. The summed E-state index contributed by atoms with van der Waals surface area (Å²) in [4.78, 5) is 0. The highest BCUT2D eigenvalue weighted by atomic mass is 32.2. The highest BCUT2D eigenvalue weighted by Gasteiger charge is 2.20. The van der Waals surface area contributed by atoms with Gasteiger partial charge in [-0.1, -0.05) is 24.3 Å². The van der Waals surface area contributed by atoms with E-state index < -0.39 is 10.0 Å². The number of nitrogens with one attached hydrogen (secondary N) is 1. The minimum absolute atomic E-state index is 0.0356. The summed E-state index contributed by atoms with van der Waals surface area (Å²) in [5.41, 5.74) is 1.49. The summed E-state index contributed by atoms with van der Waals surface area (Å²) in [6, 6.07) is 6.92. The van der Waals surface area contributed by atoms with Crippen molar-refractivity contribution in [1.29, 1.82) is 0 Å². The molecule has 2 rings (SSSR count). The van der Waals surface area contributed by atoms with Crippen molar-refractivity contribution in [1.82, 2.24) is 4.72 Å². The first-order valence-electron chi connectivity index (χ1n) is 7.33. The van der Waals surface area contributed by atoms with Gasteiger partial charge in [-0.05, 0) is 36.3 Å². The van der Waals surface area contributed by atoms with E-state index in [0.29, 0.717) is 25.1 Å². The summed E-state index contributed by atoms with van der Waals surface area (Å²) in [6.45, 7) is 1.78. The monoisotopic (exact) mass is 313 g/mol. The Balaban J connectivity index is 1.65. The fourth-order valence-electron chi connectivity index (χ4n) is 1.95. The fourth-order valence-corrected chi connectivity index (χ4v) is 3.14. The minimum atomic E-state index is -3.31. The molecule has 5 nitrogen and oxygen atoms in total. The standard InChI is InChI=1S/C15H23NO4S/c17-10-13-2-6-15(7-3-13)12-21(18,19)16-8-1-9-20-11-14-4-5-14/h2-3,6-7,14,16-17H,1,4-5,8-12H2. The topological polar surface area (TPSA) is 75.6 Å². The van der Waals surface area contributed by atoms with Crippen molar-refractivity contribution in [2.45, 2.75) is 31.6 Å². The zero-order chi connectivity index (χ0) is 15.1. The fraction of sp³-hybridized carbons (Fsp3) is 0.600. The Morgan fingerprint density at radius 3 is 2.48 bits per heavy atom. The lowest BCUT2D eigenvalue weighted by Gasteiger charge is -2.08. The van der Waals surface area contributed by atoms with Crippen LogP contribution in [-0.4, -0.2) is 33.3 Å². The van der Waals surface area contributed by atoms with Gasteiger partial charge in [-0.3, -0.25) is 0 Å². The molecule has 0 spiro atoms. The molecule has 1 aliphatic rings. The molecule has 0 radical (unpaired) electrons. The van der Waals surface area contributed by atoms with Crippen molar-refractivity contribution in [3.05, 3.63) is 35.4 Å². The number of hydrogen-bond acceptors (Lipinski definition) is 4.